The van der Waals surface area contributed by atoms with Gasteiger partial charge in [-0.2, -0.15) is 0 Å². The first-order chi connectivity index (χ1) is 9.65. The van der Waals surface area contributed by atoms with Crippen molar-refractivity contribution >= 4 is 32.9 Å². The van der Waals surface area contributed by atoms with E-state index in [1.165, 1.54) is 4.90 Å². The average molecular weight is 339 g/mol. The van der Waals surface area contributed by atoms with Gasteiger partial charge in [0.15, 0.2) is 0 Å². The average Bonchev–Trinajstić information content (AvgIpc) is 2.84. The number of amides is 1. The molecule has 1 amide bonds. The molecule has 0 saturated carbocycles. The molecule has 0 bridgehead atoms. The molecule has 1 atom stereocenters. The Bertz CT molecular complexity index is 640. The Labute approximate surface area is 124 Å². The van der Waals surface area contributed by atoms with Crippen LogP contribution in [0.1, 0.15) is 0 Å². The molecule has 0 radical (unpaired) electrons. The fraction of sp³-hybridized carbons (Fsp3) is 0.357. The van der Waals surface area contributed by atoms with E-state index in [0.717, 1.165) is 15.4 Å². The molecule has 106 valence electrons. The number of hydrogen-bond donors (Lipinski definition) is 1. The molecule has 2 heterocycles. The largest absolute Gasteiger partial charge is 0.465 e. The lowest BCUT2D eigenvalue weighted by Crippen LogP contribution is -2.46. The van der Waals surface area contributed by atoms with Crippen LogP contribution in [0, 0.1) is 0 Å². The molecule has 2 aromatic rings. The van der Waals surface area contributed by atoms with E-state index in [-0.39, 0.29) is 6.10 Å². The molecule has 3 rings (SSSR count). The van der Waals surface area contributed by atoms with Gasteiger partial charge in [0.05, 0.1) is 25.8 Å². The summed E-state index contributed by atoms with van der Waals surface area (Å²) in [7, 11) is 0. The SMILES string of the molecule is O=C(O)N1CCO[C@@H](Cn2ccc3c(Br)cccc32)C1. The van der Waals surface area contributed by atoms with Crippen LogP contribution >= 0.6 is 15.9 Å². The van der Waals surface area contributed by atoms with Crippen molar-refractivity contribution in [1.29, 1.82) is 0 Å². The summed E-state index contributed by atoms with van der Waals surface area (Å²) in [6, 6.07) is 8.11. The van der Waals surface area contributed by atoms with Gasteiger partial charge in [0.25, 0.3) is 0 Å². The maximum atomic E-state index is 11.0. The van der Waals surface area contributed by atoms with E-state index in [2.05, 4.69) is 32.6 Å². The summed E-state index contributed by atoms with van der Waals surface area (Å²) in [4.78, 5) is 12.4. The summed E-state index contributed by atoms with van der Waals surface area (Å²) < 4.78 is 8.84. The van der Waals surface area contributed by atoms with Crippen molar-refractivity contribution in [3.63, 3.8) is 0 Å². The lowest BCUT2D eigenvalue weighted by molar-refractivity contribution is -0.0287. The number of carboxylic acid groups (broad SMARTS) is 1. The first-order valence-electron chi connectivity index (χ1n) is 6.48. The molecule has 1 N–H and O–H groups in total. The second-order valence-corrected chi connectivity index (χ2v) is 5.72. The molecular formula is C14H15BrN2O3. The summed E-state index contributed by atoms with van der Waals surface area (Å²) in [5.41, 5.74) is 1.12. The number of benzene rings is 1. The highest BCUT2D eigenvalue weighted by Crippen LogP contribution is 2.25. The zero-order valence-corrected chi connectivity index (χ0v) is 12.4. The standard InChI is InChI=1S/C14H15BrN2O3/c15-12-2-1-3-13-11(12)4-5-16(13)8-10-9-17(14(18)19)6-7-20-10/h1-5,10H,6-9H2,(H,18,19)/t10-/m0/s1. The third-order valence-electron chi connectivity index (χ3n) is 3.57. The maximum absolute atomic E-state index is 11.0. The summed E-state index contributed by atoms with van der Waals surface area (Å²) in [6.07, 6.45) is 1.03. The van der Waals surface area contributed by atoms with Crippen molar-refractivity contribution < 1.29 is 14.6 Å². The molecule has 0 aliphatic carbocycles. The summed E-state index contributed by atoms with van der Waals surface area (Å²) in [5, 5.41) is 10.2. The normalized spacial score (nSPS) is 19.4. The van der Waals surface area contributed by atoms with E-state index < -0.39 is 6.09 Å². The fourth-order valence-electron chi connectivity index (χ4n) is 2.57. The molecule has 1 fully saturated rings. The van der Waals surface area contributed by atoms with E-state index in [0.29, 0.717) is 26.2 Å². The van der Waals surface area contributed by atoms with Gasteiger partial charge < -0.3 is 19.3 Å². The number of aromatic nitrogens is 1. The third-order valence-corrected chi connectivity index (χ3v) is 4.26. The van der Waals surface area contributed by atoms with Crippen molar-refractivity contribution in [2.75, 3.05) is 19.7 Å². The summed E-state index contributed by atoms with van der Waals surface area (Å²) in [5.74, 6) is 0. The van der Waals surface area contributed by atoms with Gasteiger partial charge in [-0.25, -0.2) is 4.79 Å². The quantitative estimate of drug-likeness (QED) is 0.915. The van der Waals surface area contributed by atoms with Gasteiger partial charge in [-0.05, 0) is 18.2 Å². The molecule has 1 saturated heterocycles. The van der Waals surface area contributed by atoms with Crippen LogP contribution in [0.5, 0.6) is 0 Å². The Kier molecular flexibility index (Phi) is 3.67. The van der Waals surface area contributed by atoms with E-state index in [1.54, 1.807) is 0 Å². The molecule has 20 heavy (non-hydrogen) atoms. The van der Waals surface area contributed by atoms with E-state index in [4.69, 9.17) is 9.84 Å². The highest BCUT2D eigenvalue weighted by molar-refractivity contribution is 9.10. The van der Waals surface area contributed by atoms with Crippen LogP contribution < -0.4 is 0 Å². The molecule has 6 heteroatoms. The number of hydrogen-bond acceptors (Lipinski definition) is 2. The van der Waals surface area contributed by atoms with Crippen molar-refractivity contribution in [3.05, 3.63) is 34.9 Å². The van der Waals surface area contributed by atoms with Crippen LogP contribution in [-0.2, 0) is 11.3 Å². The first-order valence-corrected chi connectivity index (χ1v) is 7.27. The zero-order valence-electron chi connectivity index (χ0n) is 10.8. The van der Waals surface area contributed by atoms with Crippen LogP contribution in [0.25, 0.3) is 10.9 Å². The Morgan fingerprint density at radius 1 is 1.45 bits per heavy atom. The van der Waals surface area contributed by atoms with Gasteiger partial charge in [-0.1, -0.05) is 22.0 Å². The van der Waals surface area contributed by atoms with E-state index in [1.807, 2.05) is 18.3 Å². The second-order valence-electron chi connectivity index (χ2n) is 4.86. The molecule has 1 aromatic carbocycles. The van der Waals surface area contributed by atoms with Crippen molar-refractivity contribution in [2.24, 2.45) is 0 Å². The maximum Gasteiger partial charge on any atom is 0.407 e. The first kappa shape index (κ1) is 13.5. The summed E-state index contributed by atoms with van der Waals surface area (Å²) in [6.45, 7) is 1.98. The molecule has 5 nitrogen and oxygen atoms in total. The lowest BCUT2D eigenvalue weighted by Gasteiger charge is -2.31. The van der Waals surface area contributed by atoms with Gasteiger partial charge >= 0.3 is 6.09 Å². The lowest BCUT2D eigenvalue weighted by atomic mass is 10.2. The molecule has 0 spiro atoms. The molecule has 1 aliphatic heterocycles. The highest BCUT2D eigenvalue weighted by Gasteiger charge is 2.24. The van der Waals surface area contributed by atoms with Gasteiger partial charge in [0.1, 0.15) is 0 Å². The van der Waals surface area contributed by atoms with Crippen molar-refractivity contribution in [3.8, 4) is 0 Å². The van der Waals surface area contributed by atoms with Gasteiger partial charge in [-0.3, -0.25) is 0 Å². The number of halogens is 1. The van der Waals surface area contributed by atoms with Gasteiger partial charge in [-0.15, -0.1) is 0 Å². The summed E-state index contributed by atoms with van der Waals surface area (Å²) >= 11 is 3.53. The fourth-order valence-corrected chi connectivity index (χ4v) is 3.06. The minimum atomic E-state index is -0.876. The van der Waals surface area contributed by atoms with Crippen LogP contribution in [0.2, 0.25) is 0 Å². The highest BCUT2D eigenvalue weighted by atomic mass is 79.9. The minimum Gasteiger partial charge on any atom is -0.465 e. The number of carbonyl (C=O) groups is 1. The molecule has 0 unspecified atom stereocenters. The third kappa shape index (κ3) is 2.53. The second kappa shape index (κ2) is 5.46. The molecule has 1 aromatic heterocycles. The van der Waals surface area contributed by atoms with E-state index >= 15 is 0 Å². The number of nitrogens with zero attached hydrogens (tertiary/aromatic N) is 2. The topological polar surface area (TPSA) is 54.7 Å². The van der Waals surface area contributed by atoms with Crippen molar-refractivity contribution in [2.45, 2.75) is 12.6 Å². The Morgan fingerprint density at radius 2 is 2.30 bits per heavy atom. The number of rotatable bonds is 2. The predicted molar refractivity (Wildman–Crippen MR) is 79.0 cm³/mol. The van der Waals surface area contributed by atoms with Gasteiger partial charge in [0, 0.05) is 28.1 Å². The van der Waals surface area contributed by atoms with Gasteiger partial charge in [0.2, 0.25) is 0 Å². The Hall–Kier alpha value is -1.53. The van der Waals surface area contributed by atoms with Crippen LogP contribution in [0.3, 0.4) is 0 Å². The minimum absolute atomic E-state index is 0.102. The number of morpholine rings is 1. The van der Waals surface area contributed by atoms with E-state index in [9.17, 15) is 4.79 Å². The number of fused-ring (bicyclic) bond motifs is 1. The van der Waals surface area contributed by atoms with Crippen LogP contribution in [0.15, 0.2) is 34.9 Å². The molecule has 1 aliphatic rings. The van der Waals surface area contributed by atoms with Crippen LogP contribution in [0.4, 0.5) is 4.79 Å². The monoisotopic (exact) mass is 338 g/mol. The smallest absolute Gasteiger partial charge is 0.407 e. The predicted octanol–water partition coefficient (Wildman–Crippen LogP) is 2.78. The van der Waals surface area contributed by atoms with Crippen molar-refractivity contribution in [1.82, 2.24) is 9.47 Å². The zero-order chi connectivity index (χ0) is 14.1. The Balaban J connectivity index is 1.79. The Morgan fingerprint density at radius 3 is 3.10 bits per heavy atom. The van der Waals surface area contributed by atoms with Crippen LogP contribution in [-0.4, -0.2) is 46.5 Å². The number of ether oxygens (including phenoxy) is 1. The molecular weight excluding hydrogens is 324 g/mol.